The molecule has 2 atom stereocenters. The average molecular weight is 512 g/mol. The molecule has 0 bridgehead atoms. The number of aryl methyl sites for hydroxylation is 1. The van der Waals surface area contributed by atoms with Crippen molar-refractivity contribution in [3.05, 3.63) is 76.7 Å². The maximum absolute atomic E-state index is 14.7. The largest absolute Gasteiger partial charge is 0.481 e. The normalized spacial score (nSPS) is 14.1. The minimum Gasteiger partial charge on any atom is -0.481 e. The number of nitrogens with zero attached hydrogens (tertiary/aromatic N) is 2. The number of carboxylic acid groups (broad SMARTS) is 1. The number of aliphatic carboxylic acids is 1. The highest BCUT2D eigenvalue weighted by atomic mass is 19.1. The fraction of sp³-hybridized carbons (Fsp3) is 0.393. The molecule has 3 rings (SSSR count). The van der Waals surface area contributed by atoms with E-state index in [2.05, 4.69) is 10.4 Å². The highest BCUT2D eigenvalue weighted by Crippen LogP contribution is 2.31. The maximum Gasteiger partial charge on any atom is 0.305 e. The van der Waals surface area contributed by atoms with Crippen molar-refractivity contribution < 1.29 is 28.9 Å². The average Bonchev–Trinajstić information content (AvgIpc) is 3.22. The zero-order chi connectivity index (χ0) is 27.5. The van der Waals surface area contributed by atoms with E-state index in [9.17, 15) is 24.2 Å². The first-order chi connectivity index (χ1) is 17.2. The number of aromatic nitrogens is 2. The number of carbonyl (C=O) groups excluding carboxylic acids is 1. The van der Waals surface area contributed by atoms with Gasteiger partial charge in [-0.3, -0.25) is 9.59 Å². The molecule has 0 fully saturated rings. The van der Waals surface area contributed by atoms with Crippen LogP contribution in [0.2, 0.25) is 0 Å². The summed E-state index contributed by atoms with van der Waals surface area (Å²) in [5, 5.41) is 27.4. The van der Waals surface area contributed by atoms with E-state index in [1.807, 2.05) is 40.7 Å². The van der Waals surface area contributed by atoms with Crippen molar-refractivity contribution >= 4 is 11.9 Å². The second kappa shape index (κ2) is 10.7. The molecule has 1 aromatic heterocycles. The minimum atomic E-state index is -1.24. The van der Waals surface area contributed by atoms with E-state index in [4.69, 9.17) is 4.74 Å². The summed E-state index contributed by atoms with van der Waals surface area (Å²) >= 11 is 0. The van der Waals surface area contributed by atoms with Gasteiger partial charge in [-0.05, 0) is 55.0 Å². The van der Waals surface area contributed by atoms with E-state index in [1.165, 1.54) is 24.3 Å². The van der Waals surface area contributed by atoms with Crippen LogP contribution < -0.4 is 10.1 Å². The topological polar surface area (TPSA) is 114 Å². The summed E-state index contributed by atoms with van der Waals surface area (Å²) in [7, 11) is 0. The van der Waals surface area contributed by atoms with Crippen LogP contribution in [0.4, 0.5) is 4.39 Å². The van der Waals surface area contributed by atoms with Crippen molar-refractivity contribution in [3.8, 4) is 11.6 Å². The monoisotopic (exact) mass is 511 g/mol. The van der Waals surface area contributed by atoms with Gasteiger partial charge in [-0.25, -0.2) is 4.39 Å². The lowest BCUT2D eigenvalue weighted by Gasteiger charge is -2.36. The number of hydrogen-bond donors (Lipinski definition) is 3. The molecule has 0 spiro atoms. The van der Waals surface area contributed by atoms with E-state index in [0.29, 0.717) is 5.56 Å². The third-order valence-electron chi connectivity index (χ3n) is 6.81. The molecule has 198 valence electrons. The Balaban J connectivity index is 1.98. The summed E-state index contributed by atoms with van der Waals surface area (Å²) in [6.45, 7) is 10.8. The summed E-state index contributed by atoms with van der Waals surface area (Å²) in [4.78, 5) is 24.9. The predicted molar refractivity (Wildman–Crippen MR) is 137 cm³/mol. The number of carboxylic acids is 1. The molecular weight excluding hydrogens is 477 g/mol. The fourth-order valence-electron chi connectivity index (χ4n) is 3.60. The van der Waals surface area contributed by atoms with Gasteiger partial charge in [-0.1, -0.05) is 51.1 Å². The van der Waals surface area contributed by atoms with Gasteiger partial charge in [0.15, 0.2) is 5.69 Å². The quantitative estimate of drug-likeness (QED) is 0.382. The van der Waals surface area contributed by atoms with E-state index < -0.39 is 34.8 Å². The number of hydrogen-bond acceptors (Lipinski definition) is 5. The molecular formula is C28H34FN3O5. The number of amides is 1. The van der Waals surface area contributed by atoms with Crippen LogP contribution in [-0.2, 0) is 4.79 Å². The van der Waals surface area contributed by atoms with Crippen LogP contribution >= 0.6 is 0 Å². The van der Waals surface area contributed by atoms with Gasteiger partial charge < -0.3 is 20.3 Å². The lowest BCUT2D eigenvalue weighted by atomic mass is 9.78. The zero-order valence-electron chi connectivity index (χ0n) is 22.0. The molecule has 0 saturated carbocycles. The predicted octanol–water partition coefficient (Wildman–Crippen LogP) is 4.75. The Hall–Kier alpha value is -3.72. The van der Waals surface area contributed by atoms with Crippen LogP contribution in [-0.4, -0.2) is 44.1 Å². The van der Waals surface area contributed by atoms with Gasteiger partial charge in [-0.2, -0.15) is 9.78 Å². The van der Waals surface area contributed by atoms with Crippen molar-refractivity contribution in [2.24, 2.45) is 5.41 Å². The number of para-hydroxylation sites is 1. The van der Waals surface area contributed by atoms with Crippen molar-refractivity contribution in [1.29, 1.82) is 0 Å². The van der Waals surface area contributed by atoms with Crippen LogP contribution in [0.1, 0.15) is 67.3 Å². The third kappa shape index (κ3) is 6.35. The number of benzene rings is 2. The van der Waals surface area contributed by atoms with Gasteiger partial charge in [0.05, 0.1) is 12.5 Å². The van der Waals surface area contributed by atoms with Gasteiger partial charge in [0, 0.05) is 6.07 Å². The summed E-state index contributed by atoms with van der Waals surface area (Å²) in [6, 6.07) is 11.9. The lowest BCUT2D eigenvalue weighted by Crippen LogP contribution is -2.45. The SMILES string of the molecule is Cc1cccc([C@H](CC(=O)O)NC(=O)c2cc(OC[C@](C)(O)C(C)(C)C)n(-c3ccccc3F)n2)c1C. The van der Waals surface area contributed by atoms with Gasteiger partial charge in [0.25, 0.3) is 5.91 Å². The second-order valence-corrected chi connectivity index (χ2v) is 10.5. The molecule has 37 heavy (non-hydrogen) atoms. The van der Waals surface area contributed by atoms with Crippen LogP contribution in [0, 0.1) is 25.1 Å². The number of nitrogens with one attached hydrogen (secondary N) is 1. The first kappa shape index (κ1) is 27.9. The van der Waals surface area contributed by atoms with Gasteiger partial charge in [-0.15, -0.1) is 0 Å². The lowest BCUT2D eigenvalue weighted by molar-refractivity contribution is -0.137. The van der Waals surface area contributed by atoms with E-state index in [0.717, 1.165) is 15.8 Å². The number of aliphatic hydroxyl groups is 1. The molecule has 8 nitrogen and oxygen atoms in total. The number of ether oxygens (including phenoxy) is 1. The van der Waals surface area contributed by atoms with Crippen molar-refractivity contribution in [1.82, 2.24) is 15.1 Å². The first-order valence-corrected chi connectivity index (χ1v) is 12.0. The first-order valence-electron chi connectivity index (χ1n) is 12.0. The summed E-state index contributed by atoms with van der Waals surface area (Å²) in [6.07, 6.45) is -0.331. The molecule has 2 aromatic carbocycles. The number of halogens is 1. The molecule has 0 radical (unpaired) electrons. The Morgan fingerprint density at radius 2 is 1.78 bits per heavy atom. The van der Waals surface area contributed by atoms with Crippen molar-refractivity contribution in [3.63, 3.8) is 0 Å². The second-order valence-electron chi connectivity index (χ2n) is 10.5. The Morgan fingerprint density at radius 3 is 2.41 bits per heavy atom. The number of carbonyl (C=O) groups is 2. The molecule has 0 aliphatic heterocycles. The summed E-state index contributed by atoms with van der Waals surface area (Å²) in [5.74, 6) is -2.24. The Morgan fingerprint density at radius 1 is 1.11 bits per heavy atom. The molecule has 9 heteroatoms. The van der Waals surface area contributed by atoms with E-state index in [-0.39, 0.29) is 30.3 Å². The van der Waals surface area contributed by atoms with Gasteiger partial charge >= 0.3 is 5.97 Å². The third-order valence-corrected chi connectivity index (χ3v) is 6.81. The maximum atomic E-state index is 14.7. The summed E-state index contributed by atoms with van der Waals surface area (Å²) < 4.78 is 21.7. The molecule has 0 aliphatic carbocycles. The van der Waals surface area contributed by atoms with Gasteiger partial charge in [0.1, 0.15) is 23.7 Å². The minimum absolute atomic E-state index is 0.0568. The van der Waals surface area contributed by atoms with Crippen LogP contribution in [0.3, 0.4) is 0 Å². The molecule has 0 unspecified atom stereocenters. The van der Waals surface area contributed by atoms with Crippen molar-refractivity contribution in [2.45, 2.75) is 59.6 Å². The van der Waals surface area contributed by atoms with Crippen LogP contribution in [0.25, 0.3) is 5.69 Å². The van der Waals surface area contributed by atoms with E-state index >= 15 is 0 Å². The zero-order valence-corrected chi connectivity index (χ0v) is 22.0. The number of rotatable bonds is 9. The Labute approximate surface area is 216 Å². The molecule has 3 N–H and O–H groups in total. The van der Waals surface area contributed by atoms with Crippen LogP contribution in [0.5, 0.6) is 5.88 Å². The molecule has 1 heterocycles. The standard InChI is InChI=1S/C28H34FN3O5/c1-17-10-9-11-19(18(17)2)21(15-25(33)34)30-26(35)22-14-24(37-16-28(6,36)27(3,4)5)32(31-22)23-13-8-7-12-20(23)29/h7-14,21,36H,15-16H2,1-6H3,(H,30,35)(H,33,34)/t21-,28-/m0/s1. The highest BCUT2D eigenvalue weighted by Gasteiger charge is 2.36. The molecule has 3 aromatic rings. The molecule has 1 amide bonds. The van der Waals surface area contributed by atoms with Gasteiger partial charge in [0.2, 0.25) is 5.88 Å². The van der Waals surface area contributed by atoms with Crippen LogP contribution in [0.15, 0.2) is 48.5 Å². The van der Waals surface area contributed by atoms with E-state index in [1.54, 1.807) is 25.1 Å². The molecule has 0 aliphatic rings. The fourth-order valence-corrected chi connectivity index (χ4v) is 3.60. The Bertz CT molecular complexity index is 1290. The Kier molecular flexibility index (Phi) is 8.07. The molecule has 0 saturated heterocycles. The smallest absolute Gasteiger partial charge is 0.305 e. The summed E-state index contributed by atoms with van der Waals surface area (Å²) in [5.41, 5.74) is 0.729. The highest BCUT2D eigenvalue weighted by molar-refractivity contribution is 5.93. The van der Waals surface area contributed by atoms with Crippen molar-refractivity contribution in [2.75, 3.05) is 6.61 Å².